The molecule has 134 valence electrons. The Balaban J connectivity index is 1.83. The number of methoxy groups -OCH3 is 1. The molecule has 25 heavy (non-hydrogen) atoms. The maximum absolute atomic E-state index is 12.3. The van der Waals surface area contributed by atoms with Crippen molar-refractivity contribution in [2.45, 2.75) is 16.8 Å². The summed E-state index contributed by atoms with van der Waals surface area (Å²) < 4.78 is 41.3. The summed E-state index contributed by atoms with van der Waals surface area (Å²) in [4.78, 5) is 24.2. The average Bonchev–Trinajstić information content (AvgIpc) is 3.04. The van der Waals surface area contributed by atoms with Crippen molar-refractivity contribution in [3.8, 4) is 0 Å². The molecule has 0 bridgehead atoms. The first kappa shape index (κ1) is 19.3. The van der Waals surface area contributed by atoms with Crippen LogP contribution in [-0.4, -0.2) is 31.0 Å². The molecule has 1 aromatic heterocycles. The van der Waals surface area contributed by atoms with Gasteiger partial charge in [-0.25, -0.2) is 4.79 Å². The Bertz CT molecular complexity index is 742. The number of amides is 1. The monoisotopic (exact) mass is 389 g/mol. The molecule has 1 amide bonds. The Morgan fingerprint density at radius 3 is 2.36 bits per heavy atom. The summed E-state index contributed by atoms with van der Waals surface area (Å²) in [5.74, 6) is -0.815. The quantitative estimate of drug-likeness (QED) is 0.597. The van der Waals surface area contributed by atoms with Crippen molar-refractivity contribution < 1.29 is 27.5 Å². The van der Waals surface area contributed by atoms with E-state index in [-0.39, 0.29) is 22.6 Å². The molecule has 0 unspecified atom stereocenters. The molecule has 0 saturated heterocycles. The summed E-state index contributed by atoms with van der Waals surface area (Å²) in [6, 6.07) is 9.05. The van der Waals surface area contributed by atoms with Gasteiger partial charge in [0, 0.05) is 11.4 Å². The Hall–Kier alpha value is -2.00. The molecule has 0 aliphatic heterocycles. The van der Waals surface area contributed by atoms with Gasteiger partial charge in [0.15, 0.2) is 0 Å². The van der Waals surface area contributed by atoms with Gasteiger partial charge in [0.2, 0.25) is 0 Å². The van der Waals surface area contributed by atoms with E-state index in [1.165, 1.54) is 31.4 Å². The van der Waals surface area contributed by atoms with Gasteiger partial charge in [-0.05, 0) is 48.0 Å². The second-order valence-corrected chi connectivity index (χ2v) is 7.08. The van der Waals surface area contributed by atoms with Crippen molar-refractivity contribution in [3.05, 3.63) is 51.7 Å². The van der Waals surface area contributed by atoms with E-state index in [2.05, 4.69) is 10.1 Å². The zero-order chi connectivity index (χ0) is 18.4. The number of nitrogens with one attached hydrogen (secondary N) is 1. The predicted octanol–water partition coefficient (Wildman–Crippen LogP) is 4.12. The van der Waals surface area contributed by atoms with Crippen molar-refractivity contribution in [3.63, 3.8) is 0 Å². The minimum atomic E-state index is -4.31. The third-order valence-electron chi connectivity index (χ3n) is 3.07. The summed E-state index contributed by atoms with van der Waals surface area (Å²) in [7, 11) is 1.26. The first-order valence-electron chi connectivity index (χ1n) is 7.09. The van der Waals surface area contributed by atoms with Gasteiger partial charge in [-0.1, -0.05) is 12.1 Å². The summed E-state index contributed by atoms with van der Waals surface area (Å²) in [6.45, 7) is 0.329. The Morgan fingerprint density at radius 2 is 1.76 bits per heavy atom. The molecule has 0 atom stereocenters. The number of esters is 1. The van der Waals surface area contributed by atoms with Crippen LogP contribution in [0.25, 0.3) is 0 Å². The van der Waals surface area contributed by atoms with Gasteiger partial charge in [0.25, 0.3) is 5.91 Å². The molecule has 1 aromatic carbocycles. The number of halogens is 3. The third-order valence-corrected chi connectivity index (χ3v) is 4.88. The van der Waals surface area contributed by atoms with Crippen molar-refractivity contribution in [2.24, 2.45) is 0 Å². The SMILES string of the molecule is COC(=O)c1ccc(C(=O)NCCc2ccc(SC(F)(F)F)cc2)s1. The molecule has 0 saturated carbocycles. The van der Waals surface area contributed by atoms with Crippen molar-refractivity contribution in [1.82, 2.24) is 5.32 Å². The largest absolute Gasteiger partial charge is 0.465 e. The number of alkyl halides is 3. The fourth-order valence-electron chi connectivity index (χ4n) is 1.94. The molecular formula is C16H14F3NO3S2. The molecule has 0 radical (unpaired) electrons. The number of thiophene rings is 1. The lowest BCUT2D eigenvalue weighted by atomic mass is 10.1. The molecule has 1 heterocycles. The number of benzene rings is 1. The molecule has 0 aliphatic carbocycles. The number of rotatable bonds is 6. The lowest BCUT2D eigenvalue weighted by Crippen LogP contribution is -2.24. The maximum atomic E-state index is 12.3. The highest BCUT2D eigenvalue weighted by Crippen LogP contribution is 2.36. The second-order valence-electron chi connectivity index (χ2n) is 4.85. The lowest BCUT2D eigenvalue weighted by molar-refractivity contribution is -0.0328. The Kier molecular flexibility index (Phi) is 6.49. The van der Waals surface area contributed by atoms with Gasteiger partial charge < -0.3 is 10.1 Å². The number of ether oxygens (including phenoxy) is 1. The first-order valence-corrected chi connectivity index (χ1v) is 8.73. The van der Waals surface area contributed by atoms with E-state index in [1.807, 2.05) is 0 Å². The van der Waals surface area contributed by atoms with E-state index >= 15 is 0 Å². The van der Waals surface area contributed by atoms with Gasteiger partial charge in [-0.15, -0.1) is 11.3 Å². The zero-order valence-electron chi connectivity index (χ0n) is 13.1. The number of hydrogen-bond donors (Lipinski definition) is 1. The van der Waals surface area contributed by atoms with Gasteiger partial charge in [0.1, 0.15) is 4.88 Å². The predicted molar refractivity (Wildman–Crippen MR) is 90.0 cm³/mol. The van der Waals surface area contributed by atoms with E-state index in [0.717, 1.165) is 16.9 Å². The summed E-state index contributed by atoms with van der Waals surface area (Å²) in [5.41, 5.74) is -3.49. The molecule has 2 aromatic rings. The van der Waals surface area contributed by atoms with Gasteiger partial charge in [-0.2, -0.15) is 13.2 Å². The summed E-state index contributed by atoms with van der Waals surface area (Å²) in [6.07, 6.45) is 0.484. The zero-order valence-corrected chi connectivity index (χ0v) is 14.7. The van der Waals surface area contributed by atoms with Crippen LogP contribution in [0.5, 0.6) is 0 Å². The summed E-state index contributed by atoms with van der Waals surface area (Å²) >= 11 is 0.867. The van der Waals surface area contributed by atoms with E-state index in [1.54, 1.807) is 12.1 Å². The molecule has 1 N–H and O–H groups in total. The number of carbonyl (C=O) groups is 2. The number of thioether (sulfide) groups is 1. The van der Waals surface area contributed by atoms with E-state index in [0.29, 0.717) is 22.7 Å². The maximum Gasteiger partial charge on any atom is 0.446 e. The van der Waals surface area contributed by atoms with E-state index in [9.17, 15) is 22.8 Å². The van der Waals surface area contributed by atoms with Crippen LogP contribution in [0.4, 0.5) is 13.2 Å². The normalized spacial score (nSPS) is 11.2. The van der Waals surface area contributed by atoms with Crippen molar-refractivity contribution in [1.29, 1.82) is 0 Å². The standard InChI is InChI=1S/C16H14F3NO3S2/c1-23-15(22)13-7-6-12(24-13)14(21)20-9-8-10-2-4-11(5-3-10)25-16(17,18)19/h2-7H,8-9H2,1H3,(H,20,21). The number of carbonyl (C=O) groups excluding carboxylic acids is 2. The van der Waals surface area contributed by atoms with E-state index < -0.39 is 11.5 Å². The highest BCUT2D eigenvalue weighted by molar-refractivity contribution is 8.00. The van der Waals surface area contributed by atoms with Crippen molar-refractivity contribution >= 4 is 35.0 Å². The molecule has 0 spiro atoms. The van der Waals surface area contributed by atoms with Crippen LogP contribution in [0.1, 0.15) is 24.9 Å². The number of hydrogen-bond acceptors (Lipinski definition) is 5. The smallest absolute Gasteiger partial charge is 0.446 e. The molecule has 4 nitrogen and oxygen atoms in total. The minimum absolute atomic E-state index is 0.120. The van der Waals surface area contributed by atoms with E-state index in [4.69, 9.17) is 0 Å². The second kappa shape index (κ2) is 8.39. The topological polar surface area (TPSA) is 55.4 Å². The highest BCUT2D eigenvalue weighted by Gasteiger charge is 2.28. The van der Waals surface area contributed by atoms with Crippen LogP contribution in [0, 0.1) is 0 Å². The molecular weight excluding hydrogens is 375 g/mol. The molecule has 9 heteroatoms. The van der Waals surface area contributed by atoms with Crippen LogP contribution in [-0.2, 0) is 11.2 Å². The third kappa shape index (κ3) is 6.09. The van der Waals surface area contributed by atoms with Crippen LogP contribution in [0.15, 0.2) is 41.3 Å². The Labute approximate surface area is 150 Å². The van der Waals surface area contributed by atoms with Crippen LogP contribution >= 0.6 is 23.1 Å². The highest BCUT2D eigenvalue weighted by atomic mass is 32.2. The molecule has 0 aliphatic rings. The first-order chi connectivity index (χ1) is 11.8. The minimum Gasteiger partial charge on any atom is -0.465 e. The van der Waals surface area contributed by atoms with Crippen LogP contribution in [0.3, 0.4) is 0 Å². The fraction of sp³-hybridized carbons (Fsp3) is 0.250. The van der Waals surface area contributed by atoms with Crippen LogP contribution < -0.4 is 5.32 Å². The molecule has 2 rings (SSSR count). The lowest BCUT2D eigenvalue weighted by Gasteiger charge is -2.07. The Morgan fingerprint density at radius 1 is 1.12 bits per heavy atom. The van der Waals surface area contributed by atoms with Crippen LogP contribution in [0.2, 0.25) is 0 Å². The average molecular weight is 389 g/mol. The molecule has 0 fully saturated rings. The van der Waals surface area contributed by atoms with Crippen molar-refractivity contribution in [2.75, 3.05) is 13.7 Å². The van der Waals surface area contributed by atoms with Gasteiger partial charge in [-0.3, -0.25) is 4.79 Å². The van der Waals surface area contributed by atoms with Gasteiger partial charge >= 0.3 is 11.5 Å². The van der Waals surface area contributed by atoms with Gasteiger partial charge in [0.05, 0.1) is 12.0 Å². The fourth-order valence-corrected chi connectivity index (χ4v) is 3.32. The summed E-state index contributed by atoms with van der Waals surface area (Å²) in [5, 5.41) is 2.70.